The molecule has 2 aromatic rings. The number of nitrogens with zero attached hydrogens (tertiary/aromatic N) is 5. The average Bonchev–Trinajstić information content (AvgIpc) is 2.87. The number of rotatable bonds is 4. The van der Waals surface area contributed by atoms with Gasteiger partial charge in [0, 0.05) is 12.4 Å². The lowest BCUT2D eigenvalue weighted by Crippen LogP contribution is -2.20. The second-order valence-electron chi connectivity index (χ2n) is 3.74. The van der Waals surface area contributed by atoms with Crippen LogP contribution >= 0.6 is 0 Å². The lowest BCUT2D eigenvalue weighted by Gasteiger charge is -2.10. The Morgan fingerprint density at radius 2 is 2.16 bits per heavy atom. The van der Waals surface area contributed by atoms with E-state index in [2.05, 4.69) is 10.1 Å². The van der Waals surface area contributed by atoms with Crippen LogP contribution < -0.4 is 0 Å². The van der Waals surface area contributed by atoms with E-state index in [1.165, 1.54) is 12.4 Å². The van der Waals surface area contributed by atoms with Gasteiger partial charge >= 0.3 is 11.9 Å². The molecule has 102 valence electrons. The Morgan fingerprint density at radius 1 is 1.42 bits per heavy atom. The highest BCUT2D eigenvalue weighted by Crippen LogP contribution is 2.18. The molecule has 0 aliphatic carbocycles. The molecule has 0 radical (unpaired) electrons. The van der Waals surface area contributed by atoms with E-state index < -0.39 is 17.6 Å². The highest BCUT2D eigenvalue weighted by atomic mass is 19.4. The smallest absolute Gasteiger partial charge is 0.324 e. The summed E-state index contributed by atoms with van der Waals surface area (Å²) in [4.78, 5) is 13.6. The summed E-state index contributed by atoms with van der Waals surface area (Å²) in [5, 5.41) is 14.1. The Bertz CT molecular complexity index is 589. The maximum Gasteiger partial charge on any atom is 0.406 e. The Labute approximate surface area is 104 Å². The van der Waals surface area contributed by atoms with Gasteiger partial charge in [-0.3, -0.25) is 14.8 Å². The first kappa shape index (κ1) is 13.1. The fourth-order valence-electron chi connectivity index (χ4n) is 1.51. The Morgan fingerprint density at radius 3 is 2.74 bits per heavy atom. The first-order chi connectivity index (χ1) is 8.85. The van der Waals surface area contributed by atoms with Gasteiger partial charge in [-0.1, -0.05) is 0 Å². The molecule has 0 bridgehead atoms. The molecular weight excluding hydrogens is 267 g/mol. The van der Waals surface area contributed by atoms with Gasteiger partial charge < -0.3 is 4.57 Å². The maximum absolute atomic E-state index is 12.3. The van der Waals surface area contributed by atoms with Gasteiger partial charge in [0.1, 0.15) is 24.8 Å². The van der Waals surface area contributed by atoms with Gasteiger partial charge in [0.05, 0.1) is 11.5 Å². The van der Waals surface area contributed by atoms with E-state index in [0.717, 1.165) is 21.6 Å². The van der Waals surface area contributed by atoms with Crippen molar-refractivity contribution in [2.75, 3.05) is 0 Å². The van der Waals surface area contributed by atoms with Crippen molar-refractivity contribution in [2.45, 2.75) is 19.3 Å². The minimum atomic E-state index is -4.36. The molecule has 7 nitrogen and oxygen atoms in total. The minimum absolute atomic E-state index is 0.0725. The number of aromatic nitrogens is 4. The fraction of sp³-hybridized carbons (Fsp3) is 0.333. The number of hydrogen-bond acceptors (Lipinski definition) is 4. The monoisotopic (exact) mass is 275 g/mol. The van der Waals surface area contributed by atoms with Crippen LogP contribution in [0.2, 0.25) is 0 Å². The van der Waals surface area contributed by atoms with E-state index >= 15 is 0 Å². The molecule has 0 aliphatic heterocycles. The zero-order valence-corrected chi connectivity index (χ0v) is 9.41. The highest BCUT2D eigenvalue weighted by molar-refractivity contribution is 5.21. The third-order valence-corrected chi connectivity index (χ3v) is 2.29. The largest absolute Gasteiger partial charge is 0.406 e. The van der Waals surface area contributed by atoms with Gasteiger partial charge in [0.25, 0.3) is 0 Å². The molecule has 0 aliphatic rings. The molecule has 2 rings (SSSR count). The summed E-state index contributed by atoms with van der Waals surface area (Å²) in [5.74, 6) is 0.121. The molecule has 0 atom stereocenters. The molecule has 0 N–H and O–H groups in total. The highest BCUT2D eigenvalue weighted by Gasteiger charge is 2.28. The van der Waals surface area contributed by atoms with Crippen molar-refractivity contribution < 1.29 is 18.1 Å². The van der Waals surface area contributed by atoms with Crippen LogP contribution in [0, 0.1) is 10.1 Å². The van der Waals surface area contributed by atoms with Crippen molar-refractivity contribution in [3.05, 3.63) is 40.7 Å². The molecule has 2 aromatic heterocycles. The molecule has 0 spiro atoms. The molecule has 0 fully saturated rings. The van der Waals surface area contributed by atoms with E-state index in [9.17, 15) is 23.3 Å². The van der Waals surface area contributed by atoms with E-state index in [1.54, 1.807) is 0 Å². The van der Waals surface area contributed by atoms with Gasteiger partial charge in [-0.05, 0) is 0 Å². The summed E-state index contributed by atoms with van der Waals surface area (Å²) >= 11 is 0. The first-order valence-corrected chi connectivity index (χ1v) is 5.09. The molecule has 2 heterocycles. The van der Waals surface area contributed by atoms with Crippen LogP contribution in [0.1, 0.15) is 5.82 Å². The van der Waals surface area contributed by atoms with Crippen molar-refractivity contribution in [1.29, 1.82) is 0 Å². The number of alkyl halides is 3. The molecule has 0 unspecified atom stereocenters. The van der Waals surface area contributed by atoms with Gasteiger partial charge in [0.2, 0.25) is 0 Å². The van der Waals surface area contributed by atoms with E-state index in [0.29, 0.717) is 0 Å². The lowest BCUT2D eigenvalue weighted by molar-refractivity contribution is -0.385. The number of imidazole rings is 1. The third-order valence-electron chi connectivity index (χ3n) is 2.29. The van der Waals surface area contributed by atoms with E-state index in [1.807, 2.05) is 0 Å². The van der Waals surface area contributed by atoms with Crippen LogP contribution in [0.15, 0.2) is 24.8 Å². The van der Waals surface area contributed by atoms with Crippen molar-refractivity contribution >= 4 is 5.69 Å². The van der Waals surface area contributed by atoms with Crippen LogP contribution in [0.3, 0.4) is 0 Å². The zero-order chi connectivity index (χ0) is 14.0. The first-order valence-electron chi connectivity index (χ1n) is 5.09. The van der Waals surface area contributed by atoms with Crippen molar-refractivity contribution in [2.24, 2.45) is 0 Å². The minimum Gasteiger partial charge on any atom is -0.324 e. The van der Waals surface area contributed by atoms with Crippen LogP contribution in [-0.4, -0.2) is 30.4 Å². The SMILES string of the molecule is O=[N+]([O-])c1cnn(Cc2nccn2CC(F)(F)F)c1. The van der Waals surface area contributed by atoms with Crippen molar-refractivity contribution in [3.8, 4) is 0 Å². The standard InChI is InChI=1S/C9H8F3N5O2/c10-9(11,12)6-15-2-1-13-8(15)5-16-4-7(3-14-16)17(18)19/h1-4H,5-6H2. The Kier molecular flexibility index (Phi) is 3.23. The maximum atomic E-state index is 12.3. The molecule has 0 aromatic carbocycles. The van der Waals surface area contributed by atoms with Crippen LogP contribution in [0.5, 0.6) is 0 Å². The fourth-order valence-corrected chi connectivity index (χ4v) is 1.51. The summed E-state index contributed by atoms with van der Waals surface area (Å²) in [6.45, 7) is -1.23. The molecule has 10 heteroatoms. The molecule has 19 heavy (non-hydrogen) atoms. The van der Waals surface area contributed by atoms with Gasteiger partial charge in [-0.2, -0.15) is 18.3 Å². The van der Waals surface area contributed by atoms with E-state index in [4.69, 9.17) is 0 Å². The molecular formula is C9H8F3N5O2. The topological polar surface area (TPSA) is 78.8 Å². The molecule has 0 saturated carbocycles. The normalized spacial score (nSPS) is 11.7. The van der Waals surface area contributed by atoms with E-state index in [-0.39, 0.29) is 18.1 Å². The summed E-state index contributed by atoms with van der Waals surface area (Å²) < 4.78 is 38.9. The summed E-state index contributed by atoms with van der Waals surface area (Å²) in [5.41, 5.74) is -0.228. The predicted octanol–water partition coefficient (Wildman–Crippen LogP) is 1.60. The second-order valence-corrected chi connectivity index (χ2v) is 3.74. The van der Waals surface area contributed by atoms with Gasteiger partial charge in [0.15, 0.2) is 0 Å². The third kappa shape index (κ3) is 3.30. The predicted molar refractivity (Wildman–Crippen MR) is 56.3 cm³/mol. The van der Waals surface area contributed by atoms with Crippen LogP contribution in [-0.2, 0) is 13.1 Å². The average molecular weight is 275 g/mol. The van der Waals surface area contributed by atoms with Crippen molar-refractivity contribution in [3.63, 3.8) is 0 Å². The summed E-state index contributed by atoms with van der Waals surface area (Å²) in [6, 6.07) is 0. The zero-order valence-electron chi connectivity index (χ0n) is 9.41. The van der Waals surface area contributed by atoms with Crippen molar-refractivity contribution in [1.82, 2.24) is 19.3 Å². The lowest BCUT2D eigenvalue weighted by atomic mass is 10.5. The van der Waals surface area contributed by atoms with Gasteiger partial charge in [-0.15, -0.1) is 0 Å². The quantitative estimate of drug-likeness (QED) is 0.627. The number of hydrogen-bond donors (Lipinski definition) is 0. The summed E-state index contributed by atoms with van der Waals surface area (Å²) in [7, 11) is 0. The Balaban J connectivity index is 2.15. The summed E-state index contributed by atoms with van der Waals surface area (Å²) in [6.07, 6.45) is 0.231. The van der Waals surface area contributed by atoms with Crippen LogP contribution in [0.25, 0.3) is 0 Å². The number of halogens is 3. The van der Waals surface area contributed by atoms with Gasteiger partial charge in [-0.25, -0.2) is 4.98 Å². The Hall–Kier alpha value is -2.39. The molecule has 0 amide bonds. The van der Waals surface area contributed by atoms with Crippen LogP contribution in [0.4, 0.5) is 18.9 Å². The second kappa shape index (κ2) is 4.71. The number of nitro groups is 1. The molecule has 0 saturated heterocycles.